The summed E-state index contributed by atoms with van der Waals surface area (Å²) in [6.45, 7) is 3.09. The monoisotopic (exact) mass is 363 g/mol. The van der Waals surface area contributed by atoms with Crippen molar-refractivity contribution >= 4 is 67.4 Å². The highest BCUT2D eigenvalue weighted by Crippen LogP contribution is 2.33. The van der Waals surface area contributed by atoms with E-state index in [9.17, 15) is 0 Å². The molecule has 0 fully saturated rings. The molecule has 2 heterocycles. The molecule has 98 valence electrons. The van der Waals surface area contributed by atoms with E-state index >= 15 is 0 Å². The predicted octanol–water partition coefficient (Wildman–Crippen LogP) is 5.54. The molecule has 0 bridgehead atoms. The number of nitrogens with one attached hydrogen (secondary N) is 1. The largest absolute Gasteiger partial charge is 0.439 e. The third-order valence-electron chi connectivity index (χ3n) is 2.30. The lowest BCUT2D eigenvalue weighted by atomic mass is 10.4. The molecule has 2 aromatic rings. The average Bonchev–Trinajstić information content (AvgIpc) is 2.72. The van der Waals surface area contributed by atoms with Crippen molar-refractivity contribution in [3.05, 3.63) is 20.4 Å². The van der Waals surface area contributed by atoms with Crippen molar-refractivity contribution < 1.29 is 4.42 Å². The van der Waals surface area contributed by atoms with Gasteiger partial charge < -0.3 is 9.73 Å². The van der Waals surface area contributed by atoms with Crippen molar-refractivity contribution in [2.75, 3.05) is 23.4 Å². The summed E-state index contributed by atoms with van der Waals surface area (Å²) >= 11 is 12.4. The number of rotatable bonds is 6. The van der Waals surface area contributed by atoms with E-state index in [0.29, 0.717) is 0 Å². The second-order valence-electron chi connectivity index (χ2n) is 3.76. The summed E-state index contributed by atoms with van der Waals surface area (Å²) < 4.78 is 8.64. The normalized spacial score (nSPS) is 11.0. The quantitative estimate of drug-likeness (QED) is 0.537. The summed E-state index contributed by atoms with van der Waals surface area (Å²) in [6, 6.07) is 1.89. The van der Waals surface area contributed by atoms with Gasteiger partial charge >= 0.3 is 0 Å². The summed E-state index contributed by atoms with van der Waals surface area (Å²) in [7, 11) is 0. The smallest absolute Gasteiger partial charge is 0.195 e. The number of thiophene rings is 1. The molecule has 0 aliphatic carbocycles. The van der Waals surface area contributed by atoms with E-state index in [1.807, 2.05) is 23.2 Å². The Bertz CT molecular complexity index is 578. The maximum atomic E-state index is 5.80. The molecule has 0 atom stereocenters. The van der Waals surface area contributed by atoms with Gasteiger partial charge in [-0.1, -0.05) is 19.1 Å². The van der Waals surface area contributed by atoms with E-state index in [1.165, 1.54) is 12.2 Å². The first-order chi connectivity index (χ1) is 8.72. The second-order valence-corrected chi connectivity index (χ2v) is 7.15. The Morgan fingerprint density at radius 3 is 3.11 bits per heavy atom. The van der Waals surface area contributed by atoms with E-state index in [1.54, 1.807) is 11.3 Å². The number of anilines is 1. The number of halogens is 1. The molecule has 6 heteroatoms. The van der Waals surface area contributed by atoms with Crippen LogP contribution in [0, 0.1) is 4.51 Å². The number of thioether (sulfide) groups is 1. The molecule has 0 saturated heterocycles. The molecule has 1 N–H and O–H groups in total. The van der Waals surface area contributed by atoms with Gasteiger partial charge in [0.2, 0.25) is 0 Å². The minimum Gasteiger partial charge on any atom is -0.439 e. The summed E-state index contributed by atoms with van der Waals surface area (Å²) in [6.07, 6.45) is 1.22. The van der Waals surface area contributed by atoms with Crippen LogP contribution in [0.15, 0.2) is 20.3 Å². The Balaban J connectivity index is 2.05. The van der Waals surface area contributed by atoms with Crippen molar-refractivity contribution in [2.45, 2.75) is 13.3 Å². The molecule has 0 spiro atoms. The first kappa shape index (κ1) is 14.4. The van der Waals surface area contributed by atoms with Gasteiger partial charge in [-0.3, -0.25) is 0 Å². The van der Waals surface area contributed by atoms with Crippen LogP contribution in [0.2, 0.25) is 0 Å². The van der Waals surface area contributed by atoms with Crippen LogP contribution in [0.5, 0.6) is 0 Å². The first-order valence-corrected chi connectivity index (χ1v) is 8.98. The Kier molecular flexibility index (Phi) is 5.54. The van der Waals surface area contributed by atoms with E-state index in [4.69, 9.17) is 16.6 Å². The van der Waals surface area contributed by atoms with Crippen LogP contribution < -0.4 is 5.32 Å². The highest BCUT2D eigenvalue weighted by atomic mass is 79.9. The van der Waals surface area contributed by atoms with E-state index in [0.717, 1.165) is 37.4 Å². The summed E-state index contributed by atoms with van der Waals surface area (Å²) in [5, 5.41) is 5.29. The van der Waals surface area contributed by atoms with Crippen LogP contribution in [-0.4, -0.2) is 18.1 Å². The molecule has 0 aliphatic heterocycles. The van der Waals surface area contributed by atoms with E-state index in [-0.39, 0.29) is 0 Å². The van der Waals surface area contributed by atoms with Crippen molar-refractivity contribution in [2.24, 2.45) is 0 Å². The summed E-state index contributed by atoms with van der Waals surface area (Å²) in [5.41, 5.74) is 0.844. The summed E-state index contributed by atoms with van der Waals surface area (Å²) in [4.78, 5) is 0. The lowest BCUT2D eigenvalue weighted by molar-refractivity contribution is 0.616. The number of fused-ring (bicyclic) bond motifs is 1. The van der Waals surface area contributed by atoms with Gasteiger partial charge in [0.05, 0.1) is 13.7 Å². The number of hydrogen-bond acceptors (Lipinski definition) is 5. The molecule has 0 radical (unpaired) electrons. The van der Waals surface area contributed by atoms with Crippen LogP contribution in [0.25, 0.3) is 10.3 Å². The van der Waals surface area contributed by atoms with Gasteiger partial charge in [-0.05, 0) is 28.1 Å². The van der Waals surface area contributed by atoms with Crippen LogP contribution >= 0.6 is 51.2 Å². The Morgan fingerprint density at radius 2 is 2.33 bits per heavy atom. The van der Waals surface area contributed by atoms with Gasteiger partial charge in [0.1, 0.15) is 0 Å². The third kappa shape index (κ3) is 3.50. The molecule has 2 nitrogen and oxygen atoms in total. The average molecular weight is 364 g/mol. The highest BCUT2D eigenvalue weighted by Gasteiger charge is 2.07. The second kappa shape index (κ2) is 6.93. The molecular formula is C12H14BrNOS3. The summed E-state index contributed by atoms with van der Waals surface area (Å²) in [5.74, 6) is 3.04. The Morgan fingerprint density at radius 1 is 1.50 bits per heavy atom. The van der Waals surface area contributed by atoms with Gasteiger partial charge in [0.15, 0.2) is 11.5 Å². The third-order valence-corrected chi connectivity index (χ3v) is 5.82. The molecule has 0 unspecified atom stereocenters. The Labute approximate surface area is 128 Å². The lowest BCUT2D eigenvalue weighted by Crippen LogP contribution is -2.04. The van der Waals surface area contributed by atoms with Crippen molar-refractivity contribution in [3.63, 3.8) is 0 Å². The number of hydrogen-bond donors (Lipinski definition) is 1. The van der Waals surface area contributed by atoms with E-state index < -0.39 is 0 Å². The van der Waals surface area contributed by atoms with Gasteiger partial charge in [-0.15, -0.1) is 11.3 Å². The fourth-order valence-corrected chi connectivity index (χ4v) is 4.03. The first-order valence-electron chi connectivity index (χ1n) is 5.75. The maximum Gasteiger partial charge on any atom is 0.195 e. The SMILES string of the molecule is CCCSCCNc1cc(=S)c2scc(Br)c2o1. The fourth-order valence-electron chi connectivity index (χ4n) is 1.50. The topological polar surface area (TPSA) is 25.2 Å². The zero-order valence-corrected chi connectivity index (χ0v) is 14.0. The molecule has 0 aliphatic rings. The zero-order valence-electron chi connectivity index (χ0n) is 9.99. The zero-order chi connectivity index (χ0) is 13.0. The van der Waals surface area contributed by atoms with Gasteiger partial charge in [-0.2, -0.15) is 11.8 Å². The molecular weight excluding hydrogens is 350 g/mol. The minimum absolute atomic E-state index is 0.753. The molecule has 2 aromatic heterocycles. The van der Waals surface area contributed by atoms with Crippen molar-refractivity contribution in [1.82, 2.24) is 0 Å². The standard InChI is InChI=1S/C12H14BrNOS3/c1-2-4-17-5-3-14-10-6-9(16)12-11(15-10)8(13)7-18-12/h6-7,14H,2-5H2,1H3. The lowest BCUT2D eigenvalue weighted by Gasteiger charge is -2.05. The molecule has 18 heavy (non-hydrogen) atoms. The van der Waals surface area contributed by atoms with Crippen LogP contribution in [0.3, 0.4) is 0 Å². The fraction of sp³-hybridized carbons (Fsp3) is 0.417. The Hall–Kier alpha value is -0.0400. The van der Waals surface area contributed by atoms with Crippen molar-refractivity contribution in [1.29, 1.82) is 0 Å². The van der Waals surface area contributed by atoms with Gasteiger partial charge in [0.25, 0.3) is 0 Å². The molecule has 0 saturated carbocycles. The van der Waals surface area contributed by atoms with Crippen LogP contribution in [0.4, 0.5) is 5.88 Å². The maximum absolute atomic E-state index is 5.80. The molecule has 0 aromatic carbocycles. The molecule has 2 rings (SSSR count). The highest BCUT2D eigenvalue weighted by molar-refractivity contribution is 9.10. The van der Waals surface area contributed by atoms with Gasteiger partial charge in [-0.25, -0.2) is 0 Å². The van der Waals surface area contributed by atoms with Gasteiger partial charge in [0, 0.05) is 23.7 Å². The van der Waals surface area contributed by atoms with Crippen LogP contribution in [-0.2, 0) is 0 Å². The minimum atomic E-state index is 0.753. The van der Waals surface area contributed by atoms with Crippen LogP contribution in [0.1, 0.15) is 13.3 Å². The molecule has 0 amide bonds. The van der Waals surface area contributed by atoms with E-state index in [2.05, 4.69) is 28.2 Å². The van der Waals surface area contributed by atoms with Crippen molar-refractivity contribution in [3.8, 4) is 0 Å². The predicted molar refractivity (Wildman–Crippen MR) is 88.7 cm³/mol.